The van der Waals surface area contributed by atoms with Gasteiger partial charge in [0, 0.05) is 31.2 Å². The molecule has 1 heterocycles. The second kappa shape index (κ2) is 9.38. The molecule has 28 heavy (non-hydrogen) atoms. The minimum atomic E-state index is -3.66. The van der Waals surface area contributed by atoms with Gasteiger partial charge in [0.2, 0.25) is 10.0 Å². The van der Waals surface area contributed by atoms with Crippen LogP contribution in [0, 0.1) is 6.92 Å². The van der Waals surface area contributed by atoms with Gasteiger partial charge < -0.3 is 10.1 Å². The van der Waals surface area contributed by atoms with Gasteiger partial charge in [0.05, 0.1) is 11.1 Å². The number of nitrogens with zero attached hydrogens (tertiary/aromatic N) is 3. The molecule has 0 aliphatic heterocycles. The molecular formula is C18H22N4O5S. The van der Waals surface area contributed by atoms with Crippen LogP contribution >= 0.6 is 0 Å². The highest BCUT2D eigenvalue weighted by Crippen LogP contribution is 2.23. The Morgan fingerprint density at radius 3 is 2.50 bits per heavy atom. The first kappa shape index (κ1) is 21.5. The summed E-state index contributed by atoms with van der Waals surface area (Å²) < 4.78 is 31.5. The first-order chi connectivity index (χ1) is 13.3. The largest absolute Gasteiger partial charge is 0.451 e. The van der Waals surface area contributed by atoms with Crippen LogP contribution in [0.5, 0.6) is 0 Å². The van der Waals surface area contributed by atoms with Crippen LogP contribution in [0.25, 0.3) is 0 Å². The van der Waals surface area contributed by atoms with Crippen LogP contribution in [0.4, 0.5) is 5.69 Å². The average molecular weight is 406 g/mol. The van der Waals surface area contributed by atoms with Crippen molar-refractivity contribution in [3.05, 3.63) is 48.0 Å². The van der Waals surface area contributed by atoms with Crippen LogP contribution < -0.4 is 5.32 Å². The molecule has 0 aliphatic rings. The maximum absolute atomic E-state index is 12.6. The van der Waals surface area contributed by atoms with Crippen molar-refractivity contribution < 1.29 is 22.7 Å². The Bertz CT molecular complexity index is 944. The quantitative estimate of drug-likeness (QED) is 0.662. The average Bonchev–Trinajstić information content (AvgIpc) is 2.69. The fourth-order valence-electron chi connectivity index (χ4n) is 2.40. The Balaban J connectivity index is 2.09. The van der Waals surface area contributed by atoms with Gasteiger partial charge in [-0.2, -0.15) is 4.31 Å². The highest BCUT2D eigenvalue weighted by Gasteiger charge is 2.22. The minimum absolute atomic E-state index is 0.0150. The SMILES string of the molecule is CCN(CC)S(=O)(=O)c1ccc(C)c(NC(=O)COC(=O)c2cnccn2)c1. The van der Waals surface area contributed by atoms with E-state index in [-0.39, 0.29) is 10.6 Å². The number of rotatable bonds is 8. The molecule has 0 spiro atoms. The Kier molecular flexibility index (Phi) is 7.18. The number of anilines is 1. The third-order valence-corrected chi connectivity index (χ3v) is 5.98. The number of ether oxygens (including phenoxy) is 1. The number of nitrogens with one attached hydrogen (secondary N) is 1. The Hall–Kier alpha value is -2.85. The van der Waals surface area contributed by atoms with Gasteiger partial charge in [-0.1, -0.05) is 19.9 Å². The summed E-state index contributed by atoms with van der Waals surface area (Å²) in [5, 5.41) is 2.57. The highest BCUT2D eigenvalue weighted by molar-refractivity contribution is 7.89. The summed E-state index contributed by atoms with van der Waals surface area (Å²) in [5.41, 5.74) is 0.986. The van der Waals surface area contributed by atoms with Crippen molar-refractivity contribution in [2.24, 2.45) is 0 Å². The maximum Gasteiger partial charge on any atom is 0.359 e. The van der Waals surface area contributed by atoms with Gasteiger partial charge in [-0.3, -0.25) is 9.78 Å². The summed E-state index contributed by atoms with van der Waals surface area (Å²) in [6.45, 7) is 5.38. The fourth-order valence-corrected chi connectivity index (χ4v) is 3.89. The van der Waals surface area contributed by atoms with E-state index in [0.717, 1.165) is 0 Å². The number of carbonyl (C=O) groups is 2. The van der Waals surface area contributed by atoms with Crippen LogP contribution in [0.3, 0.4) is 0 Å². The van der Waals surface area contributed by atoms with E-state index in [2.05, 4.69) is 15.3 Å². The van der Waals surface area contributed by atoms with Crippen molar-refractivity contribution in [3.8, 4) is 0 Å². The van der Waals surface area contributed by atoms with Crippen LogP contribution in [-0.2, 0) is 19.6 Å². The molecule has 2 rings (SSSR count). The number of esters is 1. The molecule has 0 atom stereocenters. The molecule has 0 bridgehead atoms. The van der Waals surface area contributed by atoms with E-state index in [1.54, 1.807) is 26.8 Å². The van der Waals surface area contributed by atoms with Crippen molar-refractivity contribution in [3.63, 3.8) is 0 Å². The van der Waals surface area contributed by atoms with Crippen molar-refractivity contribution in [1.29, 1.82) is 0 Å². The first-order valence-corrected chi connectivity index (χ1v) is 10.1. The van der Waals surface area contributed by atoms with Gasteiger partial charge in [0.15, 0.2) is 12.3 Å². The first-order valence-electron chi connectivity index (χ1n) is 8.63. The lowest BCUT2D eigenvalue weighted by Crippen LogP contribution is -2.30. The monoisotopic (exact) mass is 406 g/mol. The number of hydrogen-bond donors (Lipinski definition) is 1. The molecule has 2 aromatic rings. The molecule has 0 fully saturated rings. The summed E-state index contributed by atoms with van der Waals surface area (Å²) in [5.74, 6) is -1.38. The molecule has 1 amide bonds. The van der Waals surface area contributed by atoms with Crippen molar-refractivity contribution in [1.82, 2.24) is 14.3 Å². The number of aryl methyl sites for hydroxylation is 1. The maximum atomic E-state index is 12.6. The normalized spacial score (nSPS) is 11.3. The summed E-state index contributed by atoms with van der Waals surface area (Å²) in [7, 11) is -3.66. The minimum Gasteiger partial charge on any atom is -0.451 e. The third kappa shape index (κ3) is 5.11. The topological polar surface area (TPSA) is 119 Å². The number of benzene rings is 1. The Morgan fingerprint density at radius 1 is 1.18 bits per heavy atom. The smallest absolute Gasteiger partial charge is 0.359 e. The predicted octanol–water partition coefficient (Wildman–Crippen LogP) is 1.61. The van der Waals surface area contributed by atoms with E-state index in [1.165, 1.54) is 35.0 Å². The number of aromatic nitrogens is 2. The molecule has 0 unspecified atom stereocenters. The fraction of sp³-hybridized carbons (Fsp3) is 0.333. The standard InChI is InChI=1S/C18H22N4O5S/c1-4-22(5-2)28(25,26)14-7-6-13(3)15(10-14)21-17(23)12-27-18(24)16-11-19-8-9-20-16/h6-11H,4-5,12H2,1-3H3,(H,21,23). The molecule has 0 radical (unpaired) electrons. The Morgan fingerprint density at radius 2 is 1.89 bits per heavy atom. The second-order valence-electron chi connectivity index (χ2n) is 5.78. The highest BCUT2D eigenvalue weighted by atomic mass is 32.2. The molecule has 1 aromatic carbocycles. The lowest BCUT2D eigenvalue weighted by molar-refractivity contribution is -0.119. The van der Waals surface area contributed by atoms with Gasteiger partial charge in [-0.25, -0.2) is 18.2 Å². The second-order valence-corrected chi connectivity index (χ2v) is 7.72. The zero-order valence-electron chi connectivity index (χ0n) is 15.9. The third-order valence-electron chi connectivity index (χ3n) is 3.93. The predicted molar refractivity (Wildman–Crippen MR) is 102 cm³/mol. The molecule has 0 saturated heterocycles. The zero-order chi connectivity index (χ0) is 20.7. The van der Waals surface area contributed by atoms with Crippen LogP contribution in [0.2, 0.25) is 0 Å². The van der Waals surface area contributed by atoms with Gasteiger partial charge in [0.1, 0.15) is 0 Å². The van der Waals surface area contributed by atoms with Crippen LogP contribution in [0.15, 0.2) is 41.7 Å². The van der Waals surface area contributed by atoms with E-state index in [9.17, 15) is 18.0 Å². The molecule has 150 valence electrons. The van der Waals surface area contributed by atoms with Gasteiger partial charge in [0.25, 0.3) is 5.91 Å². The Labute approximate surface area is 163 Å². The number of amides is 1. The van der Waals surface area contributed by atoms with Gasteiger partial charge >= 0.3 is 5.97 Å². The van der Waals surface area contributed by atoms with E-state index >= 15 is 0 Å². The summed E-state index contributed by atoms with van der Waals surface area (Å²) in [6.07, 6.45) is 3.97. The van der Waals surface area contributed by atoms with Crippen molar-refractivity contribution >= 4 is 27.6 Å². The molecule has 1 aromatic heterocycles. The summed E-state index contributed by atoms with van der Waals surface area (Å²) in [4.78, 5) is 31.5. The summed E-state index contributed by atoms with van der Waals surface area (Å²) in [6, 6.07) is 4.50. The molecule has 0 aliphatic carbocycles. The molecule has 10 heteroatoms. The number of carbonyl (C=O) groups excluding carboxylic acids is 2. The number of sulfonamides is 1. The lowest BCUT2D eigenvalue weighted by atomic mass is 10.2. The van der Waals surface area contributed by atoms with Crippen LogP contribution in [0.1, 0.15) is 29.9 Å². The van der Waals surface area contributed by atoms with Crippen LogP contribution in [-0.4, -0.2) is 54.3 Å². The van der Waals surface area contributed by atoms with Crippen molar-refractivity contribution in [2.75, 3.05) is 25.0 Å². The number of hydrogen-bond acceptors (Lipinski definition) is 7. The van der Waals surface area contributed by atoms with E-state index in [4.69, 9.17) is 4.74 Å². The molecule has 0 saturated carbocycles. The molecule has 9 nitrogen and oxygen atoms in total. The molecule has 1 N–H and O–H groups in total. The molecular weight excluding hydrogens is 384 g/mol. The zero-order valence-corrected chi connectivity index (χ0v) is 16.7. The lowest BCUT2D eigenvalue weighted by Gasteiger charge is -2.19. The van der Waals surface area contributed by atoms with Gasteiger partial charge in [-0.15, -0.1) is 0 Å². The van der Waals surface area contributed by atoms with E-state index in [0.29, 0.717) is 24.3 Å². The van der Waals surface area contributed by atoms with E-state index in [1.807, 2.05) is 0 Å². The van der Waals surface area contributed by atoms with E-state index < -0.39 is 28.5 Å². The summed E-state index contributed by atoms with van der Waals surface area (Å²) >= 11 is 0. The van der Waals surface area contributed by atoms with Crippen molar-refractivity contribution in [2.45, 2.75) is 25.7 Å². The van der Waals surface area contributed by atoms with Gasteiger partial charge in [-0.05, 0) is 24.6 Å².